The van der Waals surface area contributed by atoms with Crippen LogP contribution >= 0.6 is 0 Å². The van der Waals surface area contributed by atoms with Crippen LogP contribution in [0.25, 0.3) is 0 Å². The van der Waals surface area contributed by atoms with Crippen molar-refractivity contribution in [3.63, 3.8) is 0 Å². The van der Waals surface area contributed by atoms with E-state index in [1.807, 2.05) is 25.1 Å². The van der Waals surface area contributed by atoms with Gasteiger partial charge in [-0.05, 0) is 36.8 Å². The molecule has 0 bridgehead atoms. The molecule has 1 N–H and O–H groups in total. The van der Waals surface area contributed by atoms with Crippen molar-refractivity contribution >= 4 is 5.91 Å². The van der Waals surface area contributed by atoms with Gasteiger partial charge in [0.15, 0.2) is 6.61 Å². The highest BCUT2D eigenvalue weighted by Gasteiger charge is 2.14. The number of nitriles is 1. The molecular weight excluding hydrogens is 283 g/mol. The Kier molecular flexibility index (Phi) is 5.10. The highest BCUT2D eigenvalue weighted by Crippen LogP contribution is 2.14. The van der Waals surface area contributed by atoms with Crippen molar-refractivity contribution < 1.29 is 13.9 Å². The molecule has 0 fully saturated rings. The third-order valence-corrected chi connectivity index (χ3v) is 3.03. The summed E-state index contributed by atoms with van der Waals surface area (Å²) in [7, 11) is 0. The number of nitrogens with one attached hydrogen (secondary N) is 1. The fraction of sp³-hybridized carbons (Fsp3) is 0.176. The van der Waals surface area contributed by atoms with Crippen molar-refractivity contribution in [1.82, 2.24) is 5.32 Å². The van der Waals surface area contributed by atoms with Gasteiger partial charge in [0, 0.05) is 0 Å². The predicted octanol–water partition coefficient (Wildman–Crippen LogP) is 2.89. The lowest BCUT2D eigenvalue weighted by Crippen LogP contribution is -2.32. The van der Waals surface area contributed by atoms with Crippen LogP contribution in [0.3, 0.4) is 0 Å². The SMILES string of the molecule is Cc1ccc(C(C#N)NC(=O)COc2ccc(F)cc2)cc1. The number of aryl methyl sites for hydroxylation is 1. The summed E-state index contributed by atoms with van der Waals surface area (Å²) < 4.78 is 18.0. The molecule has 0 aliphatic carbocycles. The van der Waals surface area contributed by atoms with Gasteiger partial charge in [-0.15, -0.1) is 0 Å². The van der Waals surface area contributed by atoms with E-state index < -0.39 is 11.9 Å². The smallest absolute Gasteiger partial charge is 0.259 e. The van der Waals surface area contributed by atoms with Gasteiger partial charge in [0.1, 0.15) is 17.6 Å². The minimum atomic E-state index is -0.732. The maximum Gasteiger partial charge on any atom is 0.259 e. The first-order chi connectivity index (χ1) is 10.6. The van der Waals surface area contributed by atoms with E-state index in [2.05, 4.69) is 5.32 Å². The number of halogens is 1. The average molecular weight is 298 g/mol. The highest BCUT2D eigenvalue weighted by molar-refractivity contribution is 5.78. The van der Waals surface area contributed by atoms with Gasteiger partial charge in [-0.2, -0.15) is 5.26 Å². The van der Waals surface area contributed by atoms with Gasteiger partial charge in [0.2, 0.25) is 0 Å². The number of nitrogens with zero attached hydrogens (tertiary/aromatic N) is 1. The molecule has 0 saturated carbocycles. The van der Waals surface area contributed by atoms with Crippen LogP contribution in [-0.2, 0) is 4.79 Å². The molecule has 0 aliphatic rings. The molecule has 4 nitrogen and oxygen atoms in total. The summed E-state index contributed by atoms with van der Waals surface area (Å²) in [5.74, 6) is -0.405. The van der Waals surface area contributed by atoms with Gasteiger partial charge < -0.3 is 10.1 Å². The second kappa shape index (κ2) is 7.23. The minimum Gasteiger partial charge on any atom is -0.484 e. The van der Waals surface area contributed by atoms with Gasteiger partial charge >= 0.3 is 0 Å². The van der Waals surface area contributed by atoms with E-state index >= 15 is 0 Å². The number of rotatable bonds is 5. The first-order valence-electron chi connectivity index (χ1n) is 6.72. The van der Waals surface area contributed by atoms with E-state index in [1.54, 1.807) is 12.1 Å². The molecule has 0 aliphatic heterocycles. The van der Waals surface area contributed by atoms with Crippen LogP contribution in [0.15, 0.2) is 48.5 Å². The zero-order valence-electron chi connectivity index (χ0n) is 12.0. The molecule has 0 spiro atoms. The Morgan fingerprint density at radius 2 is 1.86 bits per heavy atom. The Balaban J connectivity index is 1.91. The largest absolute Gasteiger partial charge is 0.484 e. The van der Waals surface area contributed by atoms with Gasteiger partial charge in [-0.3, -0.25) is 4.79 Å². The van der Waals surface area contributed by atoms with Gasteiger partial charge in [0.25, 0.3) is 5.91 Å². The first-order valence-corrected chi connectivity index (χ1v) is 6.72. The number of carbonyl (C=O) groups is 1. The number of amides is 1. The average Bonchev–Trinajstić information content (AvgIpc) is 2.53. The Hall–Kier alpha value is -2.87. The van der Waals surface area contributed by atoms with Gasteiger partial charge in [0.05, 0.1) is 6.07 Å². The molecule has 0 heterocycles. The lowest BCUT2D eigenvalue weighted by molar-refractivity contribution is -0.123. The van der Waals surface area contributed by atoms with Crippen LogP contribution in [0.5, 0.6) is 5.75 Å². The van der Waals surface area contributed by atoms with Crippen LogP contribution < -0.4 is 10.1 Å². The minimum absolute atomic E-state index is 0.240. The summed E-state index contributed by atoms with van der Waals surface area (Å²) in [4.78, 5) is 11.8. The first kappa shape index (κ1) is 15.5. The van der Waals surface area contributed by atoms with E-state index in [9.17, 15) is 9.18 Å². The molecule has 1 amide bonds. The van der Waals surface area contributed by atoms with E-state index in [0.29, 0.717) is 11.3 Å². The molecular formula is C17H15FN2O2. The third-order valence-electron chi connectivity index (χ3n) is 3.03. The molecule has 0 saturated heterocycles. The standard InChI is InChI=1S/C17H15FN2O2/c1-12-2-4-13(5-3-12)16(10-19)20-17(21)11-22-15-8-6-14(18)7-9-15/h2-9,16H,11H2,1H3,(H,20,21). The fourth-order valence-corrected chi connectivity index (χ4v) is 1.83. The Morgan fingerprint density at radius 1 is 1.23 bits per heavy atom. The van der Waals surface area contributed by atoms with Crippen LogP contribution in [0, 0.1) is 24.1 Å². The molecule has 2 aromatic carbocycles. The molecule has 2 aromatic rings. The molecule has 0 radical (unpaired) electrons. The van der Waals surface area contributed by atoms with Crippen LogP contribution in [0.2, 0.25) is 0 Å². The molecule has 22 heavy (non-hydrogen) atoms. The highest BCUT2D eigenvalue weighted by atomic mass is 19.1. The number of hydrogen-bond donors (Lipinski definition) is 1. The Morgan fingerprint density at radius 3 is 2.45 bits per heavy atom. The lowest BCUT2D eigenvalue weighted by Gasteiger charge is -2.13. The summed E-state index contributed by atoms with van der Waals surface area (Å²) in [6, 6.07) is 14.0. The molecule has 1 atom stereocenters. The van der Waals surface area contributed by atoms with Crippen molar-refractivity contribution in [2.45, 2.75) is 13.0 Å². The summed E-state index contributed by atoms with van der Waals surface area (Å²) in [5.41, 5.74) is 1.79. The van der Waals surface area contributed by atoms with Crippen LogP contribution in [-0.4, -0.2) is 12.5 Å². The van der Waals surface area contributed by atoms with E-state index in [0.717, 1.165) is 5.56 Å². The summed E-state index contributed by atoms with van der Waals surface area (Å²) in [5, 5.41) is 11.8. The van der Waals surface area contributed by atoms with Crippen LogP contribution in [0.1, 0.15) is 17.2 Å². The second-order valence-electron chi connectivity index (χ2n) is 4.78. The zero-order chi connectivity index (χ0) is 15.9. The van der Waals surface area contributed by atoms with Crippen molar-refractivity contribution in [2.75, 3.05) is 6.61 Å². The molecule has 2 rings (SSSR count). The monoisotopic (exact) mass is 298 g/mol. The topological polar surface area (TPSA) is 62.1 Å². The predicted molar refractivity (Wildman–Crippen MR) is 79.6 cm³/mol. The summed E-state index contributed by atoms with van der Waals surface area (Å²) in [6.07, 6.45) is 0. The summed E-state index contributed by atoms with van der Waals surface area (Å²) in [6.45, 7) is 1.70. The number of ether oxygens (including phenoxy) is 1. The molecule has 112 valence electrons. The zero-order valence-corrected chi connectivity index (χ0v) is 12.0. The third kappa shape index (κ3) is 4.32. The summed E-state index contributed by atoms with van der Waals surface area (Å²) >= 11 is 0. The lowest BCUT2D eigenvalue weighted by atomic mass is 10.1. The Labute approximate surface area is 128 Å². The van der Waals surface area contributed by atoms with E-state index in [4.69, 9.17) is 10.00 Å². The van der Waals surface area contributed by atoms with E-state index in [1.165, 1.54) is 24.3 Å². The number of hydrogen-bond acceptors (Lipinski definition) is 3. The quantitative estimate of drug-likeness (QED) is 0.923. The normalized spacial score (nSPS) is 11.3. The van der Waals surface area contributed by atoms with Gasteiger partial charge in [-0.1, -0.05) is 29.8 Å². The molecule has 0 aromatic heterocycles. The number of carbonyl (C=O) groups excluding carboxylic acids is 1. The molecule has 1 unspecified atom stereocenters. The maximum atomic E-state index is 12.7. The Bertz CT molecular complexity index is 675. The van der Waals surface area contributed by atoms with Crippen molar-refractivity contribution in [1.29, 1.82) is 5.26 Å². The van der Waals surface area contributed by atoms with Gasteiger partial charge in [-0.25, -0.2) is 4.39 Å². The van der Waals surface area contributed by atoms with Crippen molar-refractivity contribution in [3.8, 4) is 11.8 Å². The van der Waals surface area contributed by atoms with Crippen molar-refractivity contribution in [3.05, 3.63) is 65.5 Å². The second-order valence-corrected chi connectivity index (χ2v) is 4.78. The fourth-order valence-electron chi connectivity index (χ4n) is 1.83. The molecule has 5 heteroatoms. The van der Waals surface area contributed by atoms with E-state index in [-0.39, 0.29) is 12.4 Å². The van der Waals surface area contributed by atoms with Crippen LogP contribution in [0.4, 0.5) is 4.39 Å². The number of benzene rings is 2. The van der Waals surface area contributed by atoms with Crippen molar-refractivity contribution in [2.24, 2.45) is 0 Å². The maximum absolute atomic E-state index is 12.7.